The molecule has 0 radical (unpaired) electrons. The van der Waals surface area contributed by atoms with Gasteiger partial charge >= 0.3 is 5.97 Å². The summed E-state index contributed by atoms with van der Waals surface area (Å²) in [4.78, 5) is 28.6. The first-order valence-corrected chi connectivity index (χ1v) is 7.55. The van der Waals surface area contributed by atoms with Crippen LogP contribution in [0.1, 0.15) is 9.67 Å². The van der Waals surface area contributed by atoms with Crippen LogP contribution in [0.5, 0.6) is 0 Å². The zero-order valence-corrected chi connectivity index (χ0v) is 12.3. The maximum absolute atomic E-state index is 11.9. The number of nitrogens with one attached hydrogen (secondary N) is 1. The highest BCUT2D eigenvalue weighted by atomic mass is 32.2. The fourth-order valence-electron chi connectivity index (χ4n) is 1.43. The molecule has 0 unspecified atom stereocenters. The SMILES string of the molecule is COC(=O)c1sccc1NC(=O)CSc1ccncc1. The van der Waals surface area contributed by atoms with Crippen molar-refractivity contribution in [3.05, 3.63) is 40.8 Å². The number of thioether (sulfide) groups is 1. The van der Waals surface area contributed by atoms with E-state index in [1.807, 2.05) is 12.1 Å². The van der Waals surface area contributed by atoms with Gasteiger partial charge in [0.25, 0.3) is 0 Å². The van der Waals surface area contributed by atoms with E-state index in [1.54, 1.807) is 23.8 Å². The first-order chi connectivity index (χ1) is 9.70. The van der Waals surface area contributed by atoms with Gasteiger partial charge in [-0.3, -0.25) is 9.78 Å². The summed E-state index contributed by atoms with van der Waals surface area (Å²) in [5, 5.41) is 4.44. The van der Waals surface area contributed by atoms with E-state index >= 15 is 0 Å². The Labute approximate surface area is 124 Å². The van der Waals surface area contributed by atoms with Gasteiger partial charge in [-0.15, -0.1) is 23.1 Å². The van der Waals surface area contributed by atoms with E-state index in [9.17, 15) is 9.59 Å². The standard InChI is InChI=1S/C13H12N2O3S2/c1-18-13(17)12-10(4-7-19-12)15-11(16)8-20-9-2-5-14-6-3-9/h2-7H,8H2,1H3,(H,15,16). The van der Waals surface area contributed by atoms with Gasteiger partial charge in [-0.25, -0.2) is 4.79 Å². The van der Waals surface area contributed by atoms with Gasteiger partial charge in [0.05, 0.1) is 18.6 Å². The van der Waals surface area contributed by atoms with Gasteiger partial charge in [0.15, 0.2) is 0 Å². The summed E-state index contributed by atoms with van der Waals surface area (Å²) in [5.74, 6) is -0.354. The molecule has 0 spiro atoms. The topological polar surface area (TPSA) is 68.3 Å². The summed E-state index contributed by atoms with van der Waals surface area (Å²) in [6, 6.07) is 5.36. The summed E-state index contributed by atoms with van der Waals surface area (Å²) in [6.07, 6.45) is 3.35. The van der Waals surface area contributed by atoms with E-state index in [-0.39, 0.29) is 11.7 Å². The normalized spacial score (nSPS) is 10.1. The predicted octanol–water partition coefficient (Wildman–Crippen LogP) is 2.66. The van der Waals surface area contributed by atoms with Gasteiger partial charge in [-0.05, 0) is 23.6 Å². The zero-order chi connectivity index (χ0) is 14.4. The largest absolute Gasteiger partial charge is 0.465 e. The maximum atomic E-state index is 11.9. The van der Waals surface area contributed by atoms with Crippen LogP contribution in [0.25, 0.3) is 0 Å². The molecule has 0 saturated heterocycles. The van der Waals surface area contributed by atoms with Crippen molar-refractivity contribution < 1.29 is 14.3 Å². The highest BCUT2D eigenvalue weighted by Crippen LogP contribution is 2.24. The summed E-state index contributed by atoms with van der Waals surface area (Å²) >= 11 is 2.64. The molecule has 2 heterocycles. The Balaban J connectivity index is 1.92. The molecule has 0 atom stereocenters. The third-order valence-corrected chi connectivity index (χ3v) is 4.24. The van der Waals surface area contributed by atoms with Crippen molar-refractivity contribution in [1.82, 2.24) is 4.98 Å². The van der Waals surface area contributed by atoms with E-state index in [0.717, 1.165) is 4.90 Å². The molecule has 2 aromatic rings. The average Bonchev–Trinajstić information content (AvgIpc) is 2.93. The van der Waals surface area contributed by atoms with Gasteiger partial charge in [0.2, 0.25) is 5.91 Å². The number of aromatic nitrogens is 1. The third kappa shape index (κ3) is 3.82. The molecule has 0 saturated carbocycles. The Bertz CT molecular complexity index is 599. The van der Waals surface area contributed by atoms with Gasteiger partial charge in [-0.2, -0.15) is 0 Å². The highest BCUT2D eigenvalue weighted by Gasteiger charge is 2.15. The molecule has 0 aliphatic carbocycles. The lowest BCUT2D eigenvalue weighted by atomic mass is 10.4. The van der Waals surface area contributed by atoms with E-state index in [2.05, 4.69) is 15.0 Å². The quantitative estimate of drug-likeness (QED) is 0.679. The number of hydrogen-bond donors (Lipinski definition) is 1. The fraction of sp³-hybridized carbons (Fsp3) is 0.154. The van der Waals surface area contributed by atoms with Crippen molar-refractivity contribution in [2.45, 2.75) is 4.90 Å². The monoisotopic (exact) mass is 308 g/mol. The molecule has 1 N–H and O–H groups in total. The molecule has 2 aromatic heterocycles. The molecule has 1 amide bonds. The molecule has 0 aliphatic heterocycles. The summed E-state index contributed by atoms with van der Waals surface area (Å²) in [6.45, 7) is 0. The molecule has 0 aliphatic rings. The van der Waals surface area contributed by atoms with Crippen LogP contribution in [-0.2, 0) is 9.53 Å². The summed E-state index contributed by atoms with van der Waals surface area (Å²) in [7, 11) is 1.31. The lowest BCUT2D eigenvalue weighted by Crippen LogP contribution is -2.15. The molecular weight excluding hydrogens is 296 g/mol. The first-order valence-electron chi connectivity index (χ1n) is 5.69. The van der Waals surface area contributed by atoms with Crippen LogP contribution in [0.15, 0.2) is 40.9 Å². The number of ether oxygens (including phenoxy) is 1. The lowest BCUT2D eigenvalue weighted by molar-refractivity contribution is -0.113. The fourth-order valence-corrected chi connectivity index (χ4v) is 2.88. The number of carbonyl (C=O) groups excluding carboxylic acids is 2. The van der Waals surface area contributed by atoms with Crippen LogP contribution in [-0.4, -0.2) is 29.7 Å². The van der Waals surface area contributed by atoms with E-state index in [4.69, 9.17) is 0 Å². The smallest absolute Gasteiger partial charge is 0.350 e. The van der Waals surface area contributed by atoms with E-state index < -0.39 is 5.97 Å². The molecular formula is C13H12N2O3S2. The molecule has 20 heavy (non-hydrogen) atoms. The second kappa shape index (κ2) is 7.06. The first kappa shape index (κ1) is 14.5. The molecule has 0 aromatic carbocycles. The van der Waals surface area contributed by atoms with Crippen LogP contribution in [0.4, 0.5) is 5.69 Å². The van der Waals surface area contributed by atoms with Crippen molar-refractivity contribution in [1.29, 1.82) is 0 Å². The van der Waals surface area contributed by atoms with Crippen molar-refractivity contribution in [3.63, 3.8) is 0 Å². The average molecular weight is 308 g/mol. The maximum Gasteiger partial charge on any atom is 0.350 e. The Morgan fingerprint density at radius 3 is 2.80 bits per heavy atom. The number of amides is 1. The van der Waals surface area contributed by atoms with Gasteiger partial charge < -0.3 is 10.1 Å². The van der Waals surface area contributed by atoms with Crippen molar-refractivity contribution in [2.75, 3.05) is 18.2 Å². The Morgan fingerprint density at radius 2 is 2.10 bits per heavy atom. The molecule has 7 heteroatoms. The minimum atomic E-state index is -0.447. The number of esters is 1. The van der Waals surface area contributed by atoms with Crippen LogP contribution in [0.3, 0.4) is 0 Å². The van der Waals surface area contributed by atoms with Gasteiger partial charge in [-0.1, -0.05) is 0 Å². The van der Waals surface area contributed by atoms with Crippen LogP contribution in [0.2, 0.25) is 0 Å². The molecule has 5 nitrogen and oxygen atoms in total. The Morgan fingerprint density at radius 1 is 1.35 bits per heavy atom. The molecule has 2 rings (SSSR count). The lowest BCUT2D eigenvalue weighted by Gasteiger charge is -2.05. The second-order valence-corrected chi connectivity index (χ2v) is 5.64. The zero-order valence-electron chi connectivity index (χ0n) is 10.7. The minimum absolute atomic E-state index is 0.171. The third-order valence-electron chi connectivity index (χ3n) is 2.33. The van der Waals surface area contributed by atoms with Crippen LogP contribution < -0.4 is 5.32 Å². The Kier molecular flexibility index (Phi) is 5.14. The van der Waals surface area contributed by atoms with E-state index in [0.29, 0.717) is 10.6 Å². The summed E-state index contributed by atoms with van der Waals surface area (Å²) in [5.41, 5.74) is 0.488. The van der Waals surface area contributed by atoms with Crippen molar-refractivity contribution in [3.8, 4) is 0 Å². The Hall–Kier alpha value is -1.86. The number of nitrogens with zero attached hydrogens (tertiary/aromatic N) is 1. The number of hydrogen-bond acceptors (Lipinski definition) is 6. The summed E-state index contributed by atoms with van der Waals surface area (Å²) < 4.78 is 4.65. The molecule has 0 fully saturated rings. The number of carbonyl (C=O) groups is 2. The number of pyridine rings is 1. The van der Waals surface area contributed by atoms with Crippen molar-refractivity contribution in [2.24, 2.45) is 0 Å². The van der Waals surface area contributed by atoms with Crippen LogP contribution >= 0.6 is 23.1 Å². The highest BCUT2D eigenvalue weighted by molar-refractivity contribution is 8.00. The van der Waals surface area contributed by atoms with Gasteiger partial charge in [0.1, 0.15) is 4.88 Å². The minimum Gasteiger partial charge on any atom is -0.465 e. The van der Waals surface area contributed by atoms with E-state index in [1.165, 1.54) is 30.2 Å². The number of thiophene rings is 1. The van der Waals surface area contributed by atoms with Gasteiger partial charge in [0, 0.05) is 17.3 Å². The van der Waals surface area contributed by atoms with Crippen LogP contribution in [0, 0.1) is 0 Å². The predicted molar refractivity (Wildman–Crippen MR) is 79.2 cm³/mol. The number of rotatable bonds is 5. The molecule has 0 bridgehead atoms. The number of anilines is 1. The molecule has 104 valence electrons. The van der Waals surface area contributed by atoms with Crippen molar-refractivity contribution >= 4 is 40.7 Å². The second-order valence-electron chi connectivity index (χ2n) is 3.67. The number of methoxy groups -OCH3 is 1.